The topological polar surface area (TPSA) is 84.9 Å². The Kier molecular flexibility index (Phi) is 7.24. The Morgan fingerprint density at radius 3 is 2.47 bits per heavy atom. The fourth-order valence-corrected chi connectivity index (χ4v) is 5.53. The minimum absolute atomic E-state index is 0.246. The number of hydrogen-bond acceptors (Lipinski definition) is 7. The van der Waals surface area contributed by atoms with Crippen molar-refractivity contribution in [3.63, 3.8) is 0 Å². The summed E-state index contributed by atoms with van der Waals surface area (Å²) in [7, 11) is -0.273. The largest absolute Gasteiger partial charge is 0.488 e. The number of aromatic nitrogens is 2. The molecule has 1 aromatic heterocycles. The number of benzene rings is 2. The van der Waals surface area contributed by atoms with Crippen molar-refractivity contribution in [2.24, 2.45) is 0 Å². The first-order chi connectivity index (χ1) is 17.0. The summed E-state index contributed by atoms with van der Waals surface area (Å²) in [6, 6.07) is 14.6. The summed E-state index contributed by atoms with van der Waals surface area (Å²) in [5.74, 6) is 1.58. The predicted molar refractivity (Wildman–Crippen MR) is 142 cm³/mol. The van der Waals surface area contributed by atoms with Crippen molar-refractivity contribution >= 4 is 21.8 Å². The number of rotatable bonds is 8. The fourth-order valence-electron chi connectivity index (χ4n) is 4.09. The van der Waals surface area contributed by atoms with E-state index in [4.69, 9.17) is 19.4 Å². The van der Waals surface area contributed by atoms with Gasteiger partial charge in [-0.1, -0.05) is 29.8 Å². The molecule has 0 fully saturated rings. The van der Waals surface area contributed by atoms with Gasteiger partial charge in [0.05, 0.1) is 17.2 Å². The van der Waals surface area contributed by atoms with Crippen molar-refractivity contribution < 1.29 is 17.9 Å². The van der Waals surface area contributed by atoms with Crippen molar-refractivity contribution in [1.29, 1.82) is 0 Å². The van der Waals surface area contributed by atoms with Crippen LogP contribution in [0.4, 0.5) is 11.8 Å². The zero-order chi connectivity index (χ0) is 26.1. The average Bonchev–Trinajstić information content (AvgIpc) is 3.26. The molecule has 0 saturated heterocycles. The Hall–Kier alpha value is -3.17. The number of aryl methyl sites for hydroxylation is 1. The number of anilines is 2. The smallest absolute Gasteiger partial charge is 0.265 e. The van der Waals surface area contributed by atoms with E-state index in [9.17, 15) is 8.42 Å². The average molecular weight is 511 g/mol. The highest BCUT2D eigenvalue weighted by molar-refractivity contribution is 7.92. The number of hydrogen-bond donors (Lipinski definition) is 0. The molecule has 0 bridgehead atoms. The second-order valence-electron chi connectivity index (χ2n) is 9.97. The summed E-state index contributed by atoms with van der Waals surface area (Å²) in [6.07, 6.45) is 0.516. The third-order valence-electron chi connectivity index (χ3n) is 5.89. The third kappa shape index (κ3) is 5.47. The number of likely N-dealkylation sites (N-methyl/N-ethyl adjacent to an activating group) is 1. The van der Waals surface area contributed by atoms with Crippen LogP contribution in [0.1, 0.15) is 31.9 Å². The van der Waals surface area contributed by atoms with Gasteiger partial charge in [0.1, 0.15) is 11.4 Å². The molecule has 0 N–H and O–H groups in total. The fraction of sp³-hybridized carbons (Fsp3) is 0.407. The maximum absolute atomic E-state index is 13.6. The minimum atomic E-state index is -3.78. The first kappa shape index (κ1) is 25.9. The second kappa shape index (κ2) is 10.1. The van der Waals surface area contributed by atoms with Crippen molar-refractivity contribution in [3.05, 3.63) is 59.7 Å². The van der Waals surface area contributed by atoms with Gasteiger partial charge in [-0.2, -0.15) is 4.98 Å². The Labute approximate surface area is 214 Å². The Bertz CT molecular complexity index is 1330. The molecule has 3 aromatic rings. The van der Waals surface area contributed by atoms with Gasteiger partial charge in [0.2, 0.25) is 5.95 Å². The van der Waals surface area contributed by atoms with E-state index in [0.717, 1.165) is 22.4 Å². The van der Waals surface area contributed by atoms with E-state index in [1.807, 2.05) is 63.9 Å². The van der Waals surface area contributed by atoms with Crippen LogP contribution < -0.4 is 13.9 Å². The lowest BCUT2D eigenvalue weighted by atomic mass is 10.0. The van der Waals surface area contributed by atoms with Gasteiger partial charge in [-0.3, -0.25) is 0 Å². The normalized spacial score (nSPS) is 13.6. The van der Waals surface area contributed by atoms with E-state index in [0.29, 0.717) is 43.6 Å². The van der Waals surface area contributed by atoms with Gasteiger partial charge in [-0.25, -0.2) is 17.7 Å². The first-order valence-electron chi connectivity index (χ1n) is 12.0. The molecule has 0 unspecified atom stereocenters. The summed E-state index contributed by atoms with van der Waals surface area (Å²) >= 11 is 0. The van der Waals surface area contributed by atoms with Gasteiger partial charge in [-0.15, -0.1) is 0 Å². The lowest BCUT2D eigenvalue weighted by Crippen LogP contribution is -2.31. The monoisotopic (exact) mass is 510 g/mol. The molecule has 2 aromatic carbocycles. The van der Waals surface area contributed by atoms with Crippen LogP contribution in [0.3, 0.4) is 0 Å². The van der Waals surface area contributed by atoms with Crippen molar-refractivity contribution in [2.75, 3.05) is 43.1 Å². The molecular weight excluding hydrogens is 476 g/mol. The lowest BCUT2D eigenvalue weighted by Gasteiger charge is -2.23. The van der Waals surface area contributed by atoms with Crippen LogP contribution in [0.25, 0.3) is 11.3 Å². The zero-order valence-electron chi connectivity index (χ0n) is 21.8. The maximum Gasteiger partial charge on any atom is 0.265 e. The van der Waals surface area contributed by atoms with Gasteiger partial charge >= 0.3 is 0 Å². The summed E-state index contributed by atoms with van der Waals surface area (Å²) in [5, 5.41) is 0. The minimum Gasteiger partial charge on any atom is -0.488 e. The number of ether oxygens (including phenoxy) is 2. The number of nitrogens with zero attached hydrogens (tertiary/aromatic N) is 4. The molecule has 0 atom stereocenters. The van der Waals surface area contributed by atoms with Crippen LogP contribution in [0, 0.1) is 6.92 Å². The van der Waals surface area contributed by atoms with Crippen LogP contribution in [0.2, 0.25) is 0 Å². The molecule has 0 radical (unpaired) electrons. The highest BCUT2D eigenvalue weighted by Crippen LogP contribution is 2.39. The molecular formula is C27H34N4O4S. The van der Waals surface area contributed by atoms with Crippen LogP contribution in [-0.2, 0) is 21.2 Å². The third-order valence-corrected chi connectivity index (χ3v) is 7.69. The van der Waals surface area contributed by atoms with Crippen LogP contribution >= 0.6 is 0 Å². The van der Waals surface area contributed by atoms with Gasteiger partial charge in [-0.05, 0) is 58.4 Å². The summed E-state index contributed by atoms with van der Waals surface area (Å²) in [6.45, 7) is 9.28. The molecule has 0 aliphatic carbocycles. The molecule has 36 heavy (non-hydrogen) atoms. The summed E-state index contributed by atoms with van der Waals surface area (Å²) in [5.41, 5.74) is 3.02. The number of methoxy groups -OCH3 is 1. The van der Waals surface area contributed by atoms with Crippen LogP contribution in [-0.4, -0.2) is 57.8 Å². The van der Waals surface area contributed by atoms with E-state index >= 15 is 0 Å². The Balaban J connectivity index is 1.84. The molecule has 2 heterocycles. The van der Waals surface area contributed by atoms with Gasteiger partial charge in [0.25, 0.3) is 10.0 Å². The van der Waals surface area contributed by atoms with Crippen LogP contribution in [0.15, 0.2) is 53.4 Å². The molecule has 1 aliphatic heterocycles. The van der Waals surface area contributed by atoms with E-state index in [2.05, 4.69) is 0 Å². The molecule has 0 saturated carbocycles. The van der Waals surface area contributed by atoms with Crippen molar-refractivity contribution in [2.45, 2.75) is 44.6 Å². The molecule has 192 valence electrons. The Morgan fingerprint density at radius 2 is 1.81 bits per heavy atom. The molecule has 1 aliphatic rings. The zero-order valence-corrected chi connectivity index (χ0v) is 22.6. The summed E-state index contributed by atoms with van der Waals surface area (Å²) < 4.78 is 40.0. The van der Waals surface area contributed by atoms with Gasteiger partial charge in [0.15, 0.2) is 5.82 Å². The van der Waals surface area contributed by atoms with Gasteiger partial charge in [0, 0.05) is 38.4 Å². The Morgan fingerprint density at radius 1 is 1.08 bits per heavy atom. The highest BCUT2D eigenvalue weighted by Gasteiger charge is 2.35. The maximum atomic E-state index is 13.6. The van der Waals surface area contributed by atoms with Gasteiger partial charge < -0.3 is 14.4 Å². The SMILES string of the molecule is COCCN(C)c1nc(-c2cccc(OC(C)(C)C)c2)c2c(n1)N(S(=O)(=O)c1ccc(C)cc1)CC2. The van der Waals surface area contributed by atoms with Crippen molar-refractivity contribution in [1.82, 2.24) is 9.97 Å². The quantitative estimate of drug-likeness (QED) is 0.442. The van der Waals surface area contributed by atoms with E-state index < -0.39 is 10.0 Å². The van der Waals surface area contributed by atoms with E-state index in [-0.39, 0.29) is 10.5 Å². The molecule has 4 rings (SSSR count). The van der Waals surface area contributed by atoms with Crippen LogP contribution in [0.5, 0.6) is 5.75 Å². The molecule has 0 amide bonds. The highest BCUT2D eigenvalue weighted by atomic mass is 32.2. The van der Waals surface area contributed by atoms with E-state index in [1.54, 1.807) is 31.4 Å². The first-order valence-corrected chi connectivity index (χ1v) is 13.4. The van der Waals surface area contributed by atoms with Crippen molar-refractivity contribution in [3.8, 4) is 17.0 Å². The predicted octanol–water partition coefficient (Wildman–Crippen LogP) is 4.46. The molecule has 8 nitrogen and oxygen atoms in total. The number of sulfonamides is 1. The van der Waals surface area contributed by atoms with E-state index in [1.165, 1.54) is 4.31 Å². The summed E-state index contributed by atoms with van der Waals surface area (Å²) in [4.78, 5) is 11.7. The second-order valence-corrected chi connectivity index (χ2v) is 11.8. The number of fused-ring (bicyclic) bond motifs is 1. The molecule has 9 heteroatoms. The standard InChI is InChI=1S/C27H34N4O4S/c1-19-10-12-22(13-11-19)36(32,33)31-15-14-23-24(20-8-7-9-21(18-20)35-27(2,3)4)28-26(29-25(23)31)30(5)16-17-34-6/h7-13,18H,14-17H2,1-6H3. The lowest BCUT2D eigenvalue weighted by molar-refractivity contribution is 0.131. The molecule has 0 spiro atoms.